The molecule has 2 unspecified atom stereocenters. The van der Waals surface area contributed by atoms with Crippen molar-refractivity contribution in [3.8, 4) is 22.6 Å². The molecule has 5 aromatic carbocycles. The molecule has 0 saturated carbocycles. The molecule has 0 amide bonds. The smallest absolute Gasteiger partial charge is 0.227 e. The van der Waals surface area contributed by atoms with E-state index in [1.54, 1.807) is 0 Å². The third-order valence-electron chi connectivity index (χ3n) is 7.30. The number of hydrogen-bond acceptors (Lipinski definition) is 6. The lowest BCUT2D eigenvalue weighted by Gasteiger charge is -2.30. The molecule has 0 saturated heterocycles. The molecule has 2 atom stereocenters. The number of ether oxygens (including phenoxy) is 1. The van der Waals surface area contributed by atoms with E-state index in [0.29, 0.717) is 11.5 Å². The minimum absolute atomic E-state index is 0.0446. The second kappa shape index (κ2) is 9.84. The molecule has 6 nitrogen and oxygen atoms in total. The maximum Gasteiger partial charge on any atom is 0.227 e. The fourth-order valence-electron chi connectivity index (χ4n) is 5.29. The average Bonchev–Trinajstić information content (AvgIpc) is 3.46. The Bertz CT molecular complexity index is 1830. The Labute approximate surface area is 231 Å². The van der Waals surface area contributed by atoms with Crippen molar-refractivity contribution in [2.45, 2.75) is 12.3 Å². The van der Waals surface area contributed by atoms with Gasteiger partial charge in [-0.1, -0.05) is 84.9 Å². The van der Waals surface area contributed by atoms with E-state index in [1.165, 1.54) is 0 Å². The predicted octanol–water partition coefficient (Wildman–Crippen LogP) is 7.68. The Morgan fingerprint density at radius 1 is 0.825 bits per heavy atom. The molecule has 2 heterocycles. The molecule has 4 N–H and O–H groups in total. The zero-order chi connectivity index (χ0) is 27.1. The molecule has 0 fully saturated rings. The van der Waals surface area contributed by atoms with Gasteiger partial charge in [0.2, 0.25) is 11.8 Å². The quantitative estimate of drug-likeness (QED) is 0.123. The van der Waals surface area contributed by atoms with Gasteiger partial charge >= 0.3 is 0 Å². The van der Waals surface area contributed by atoms with Crippen LogP contribution in [0.1, 0.15) is 34.5 Å². The first kappa shape index (κ1) is 23.9. The van der Waals surface area contributed by atoms with Gasteiger partial charge in [-0.25, -0.2) is 4.98 Å². The highest BCUT2D eigenvalue weighted by Gasteiger charge is 2.29. The van der Waals surface area contributed by atoms with Crippen LogP contribution in [-0.2, 0) is 4.74 Å². The number of oxazole rings is 1. The normalized spacial score (nSPS) is 14.6. The van der Waals surface area contributed by atoms with Gasteiger partial charge in [-0.3, -0.25) is 11.1 Å². The van der Waals surface area contributed by atoms with Crippen molar-refractivity contribution in [2.24, 2.45) is 5.73 Å². The average molecular weight is 523 g/mol. The zero-order valence-corrected chi connectivity index (χ0v) is 21.5. The van der Waals surface area contributed by atoms with Gasteiger partial charge in [0.25, 0.3) is 0 Å². The van der Waals surface area contributed by atoms with E-state index in [0.717, 1.165) is 50.2 Å². The summed E-state index contributed by atoms with van der Waals surface area (Å²) in [5, 5.41) is 12.0. The number of fused-ring (bicyclic) bond motifs is 5. The largest absolute Gasteiger partial charge is 0.454 e. The summed E-state index contributed by atoms with van der Waals surface area (Å²) >= 11 is 0. The SMILES string of the molecule is N=C(OC(N)c1ccc(C2Nc3ccccc3-c3c2ccc2oc(-c4ccccc4)nc32)cc1)c1ccccc1. The minimum Gasteiger partial charge on any atom is -0.454 e. The number of benzene rings is 5. The summed E-state index contributed by atoms with van der Waals surface area (Å²) in [4.78, 5) is 4.97. The molecule has 1 aliphatic heterocycles. The van der Waals surface area contributed by atoms with Crippen LogP contribution in [0, 0.1) is 5.41 Å². The van der Waals surface area contributed by atoms with Crippen LogP contribution in [-0.4, -0.2) is 10.9 Å². The monoisotopic (exact) mass is 522 g/mol. The summed E-state index contributed by atoms with van der Waals surface area (Å²) in [5.74, 6) is 0.652. The van der Waals surface area contributed by atoms with Crippen molar-refractivity contribution in [3.63, 3.8) is 0 Å². The minimum atomic E-state index is -0.750. The lowest BCUT2D eigenvalue weighted by atomic mass is 9.85. The number of rotatable bonds is 5. The summed E-state index contributed by atoms with van der Waals surface area (Å²) in [6, 6.07) is 39.6. The van der Waals surface area contributed by atoms with Gasteiger partial charge in [0, 0.05) is 33.5 Å². The van der Waals surface area contributed by atoms with Gasteiger partial charge in [-0.05, 0) is 47.5 Å². The molecule has 0 aliphatic carbocycles. The van der Waals surface area contributed by atoms with E-state index in [4.69, 9.17) is 25.3 Å². The summed E-state index contributed by atoms with van der Waals surface area (Å²) < 4.78 is 11.9. The van der Waals surface area contributed by atoms with Crippen LogP contribution in [0.5, 0.6) is 0 Å². The van der Waals surface area contributed by atoms with Gasteiger partial charge in [0.05, 0.1) is 6.04 Å². The van der Waals surface area contributed by atoms with Crippen molar-refractivity contribution in [3.05, 3.63) is 144 Å². The third-order valence-corrected chi connectivity index (χ3v) is 7.30. The molecule has 7 rings (SSSR count). The maximum absolute atomic E-state index is 8.26. The third kappa shape index (κ3) is 4.21. The molecule has 0 radical (unpaired) electrons. The number of nitrogens with one attached hydrogen (secondary N) is 2. The molecule has 6 heteroatoms. The fourth-order valence-corrected chi connectivity index (χ4v) is 5.29. The molecule has 0 bridgehead atoms. The van der Waals surface area contributed by atoms with Crippen molar-refractivity contribution in [1.82, 2.24) is 4.98 Å². The number of para-hydroxylation sites is 1. The maximum atomic E-state index is 8.26. The molecule has 6 aromatic rings. The van der Waals surface area contributed by atoms with Crippen molar-refractivity contribution >= 4 is 22.7 Å². The first-order valence-corrected chi connectivity index (χ1v) is 13.2. The zero-order valence-electron chi connectivity index (χ0n) is 21.5. The Hall–Kier alpha value is -5.20. The molecule has 0 spiro atoms. The topological polar surface area (TPSA) is 97.2 Å². The summed E-state index contributed by atoms with van der Waals surface area (Å²) in [6.07, 6.45) is -0.750. The number of aromatic nitrogens is 1. The van der Waals surface area contributed by atoms with Crippen molar-refractivity contribution < 1.29 is 9.15 Å². The molecule has 194 valence electrons. The van der Waals surface area contributed by atoms with E-state index in [-0.39, 0.29) is 11.9 Å². The second-order valence-corrected chi connectivity index (χ2v) is 9.78. The van der Waals surface area contributed by atoms with E-state index >= 15 is 0 Å². The summed E-state index contributed by atoms with van der Waals surface area (Å²) in [6.45, 7) is 0. The fraction of sp³-hybridized carbons (Fsp3) is 0.0588. The predicted molar refractivity (Wildman–Crippen MR) is 158 cm³/mol. The second-order valence-electron chi connectivity index (χ2n) is 9.78. The van der Waals surface area contributed by atoms with E-state index in [9.17, 15) is 0 Å². The van der Waals surface area contributed by atoms with Crippen LogP contribution in [0.2, 0.25) is 0 Å². The Balaban J connectivity index is 1.24. The van der Waals surface area contributed by atoms with Gasteiger partial charge in [0.15, 0.2) is 11.8 Å². The Kier molecular flexibility index (Phi) is 5.87. The summed E-state index contributed by atoms with van der Waals surface area (Å²) in [5.41, 5.74) is 15.8. The first-order chi connectivity index (χ1) is 19.7. The van der Waals surface area contributed by atoms with Crippen molar-refractivity contribution in [2.75, 3.05) is 5.32 Å². The van der Waals surface area contributed by atoms with E-state index in [1.807, 2.05) is 91.0 Å². The van der Waals surface area contributed by atoms with Gasteiger partial charge in [-0.2, -0.15) is 0 Å². The van der Waals surface area contributed by atoms with Crippen LogP contribution < -0.4 is 11.1 Å². The molecule has 40 heavy (non-hydrogen) atoms. The van der Waals surface area contributed by atoms with Crippen LogP contribution in [0.25, 0.3) is 33.7 Å². The van der Waals surface area contributed by atoms with Gasteiger partial charge in [-0.15, -0.1) is 0 Å². The number of nitrogens with two attached hydrogens (primary N) is 1. The highest BCUT2D eigenvalue weighted by atomic mass is 16.5. The van der Waals surface area contributed by atoms with Gasteiger partial charge < -0.3 is 14.5 Å². The van der Waals surface area contributed by atoms with Crippen molar-refractivity contribution in [1.29, 1.82) is 5.41 Å². The Morgan fingerprint density at radius 3 is 2.30 bits per heavy atom. The van der Waals surface area contributed by atoms with Crippen LogP contribution >= 0.6 is 0 Å². The first-order valence-electron chi connectivity index (χ1n) is 13.2. The van der Waals surface area contributed by atoms with Crippen LogP contribution in [0.4, 0.5) is 5.69 Å². The highest BCUT2D eigenvalue weighted by molar-refractivity contribution is 6.00. The standard InChI is InChI=1S/C34H26N4O2/c35-32(22-9-3-1-4-10-22)40-33(36)23-17-15-21(16-18-23)30-26-19-20-28-31(29(26)25-13-7-8-14-27(25)37-30)38-34(39-28)24-11-5-2-6-12-24/h1-20,30,33,35,37H,36H2. The van der Waals surface area contributed by atoms with Gasteiger partial charge in [0.1, 0.15) is 5.52 Å². The molecule has 1 aliphatic rings. The molecular weight excluding hydrogens is 496 g/mol. The number of anilines is 1. The lowest BCUT2D eigenvalue weighted by Crippen LogP contribution is -2.20. The lowest BCUT2D eigenvalue weighted by molar-refractivity contribution is 0.199. The Morgan fingerprint density at radius 2 is 1.52 bits per heavy atom. The number of hydrogen-bond donors (Lipinski definition) is 3. The highest BCUT2D eigenvalue weighted by Crippen LogP contribution is 2.46. The molecular formula is C34H26N4O2. The van der Waals surface area contributed by atoms with E-state index < -0.39 is 6.23 Å². The van der Waals surface area contributed by atoms with E-state index in [2.05, 4.69) is 35.6 Å². The summed E-state index contributed by atoms with van der Waals surface area (Å²) in [7, 11) is 0. The number of nitrogens with zero attached hydrogens (tertiary/aromatic N) is 1. The molecule has 1 aromatic heterocycles. The van der Waals surface area contributed by atoms with Crippen LogP contribution in [0.3, 0.4) is 0 Å². The van der Waals surface area contributed by atoms with Crippen LogP contribution in [0.15, 0.2) is 126 Å².